The first kappa shape index (κ1) is 19.9. The molecule has 8 heteroatoms. The molecule has 0 unspecified atom stereocenters. The first-order valence-corrected chi connectivity index (χ1v) is 10.7. The number of carbonyl (C=O) groups excluding carboxylic acids is 1. The van der Waals surface area contributed by atoms with Crippen molar-refractivity contribution in [3.8, 4) is 0 Å². The molecular formula is C19H27N3O4S. The van der Waals surface area contributed by atoms with E-state index in [4.69, 9.17) is 4.74 Å². The van der Waals surface area contributed by atoms with Gasteiger partial charge in [0.05, 0.1) is 29.5 Å². The standard InChI is InChI=1S/C19H27N3O4S/c1-15(2)13-19(23)20-17-14-16(5-6-18(17)21-7-3-4-8-21)27(24,25)22-9-11-26-12-10-22/h5-6,13-14H,3-4,7-12H2,1-2H3,(H,20,23). The van der Waals surface area contributed by atoms with Crippen molar-refractivity contribution >= 4 is 27.3 Å². The summed E-state index contributed by atoms with van der Waals surface area (Å²) in [5, 5.41) is 2.87. The molecule has 0 spiro atoms. The Morgan fingerprint density at radius 1 is 1.11 bits per heavy atom. The largest absolute Gasteiger partial charge is 0.379 e. The van der Waals surface area contributed by atoms with Gasteiger partial charge < -0.3 is 15.0 Å². The smallest absolute Gasteiger partial charge is 0.248 e. The Morgan fingerprint density at radius 3 is 2.41 bits per heavy atom. The Bertz CT molecular complexity index is 819. The number of rotatable bonds is 5. The summed E-state index contributed by atoms with van der Waals surface area (Å²) in [7, 11) is -3.62. The van der Waals surface area contributed by atoms with Gasteiger partial charge in [0.1, 0.15) is 0 Å². The highest BCUT2D eigenvalue weighted by molar-refractivity contribution is 7.89. The molecule has 0 saturated carbocycles. The zero-order chi connectivity index (χ0) is 19.4. The number of nitrogens with one attached hydrogen (secondary N) is 1. The van der Waals surface area contributed by atoms with Crippen molar-refractivity contribution in [2.45, 2.75) is 31.6 Å². The van der Waals surface area contributed by atoms with Gasteiger partial charge in [0.15, 0.2) is 0 Å². The first-order chi connectivity index (χ1) is 12.9. The van der Waals surface area contributed by atoms with Gasteiger partial charge in [0, 0.05) is 32.3 Å². The highest BCUT2D eigenvalue weighted by atomic mass is 32.2. The summed E-state index contributed by atoms with van der Waals surface area (Å²) in [6.07, 6.45) is 3.70. The molecule has 0 atom stereocenters. The predicted octanol–water partition coefficient (Wildman–Crippen LogP) is 2.21. The maximum atomic E-state index is 13.0. The number of allylic oxidation sites excluding steroid dienone is 1. The molecule has 2 aliphatic rings. The van der Waals surface area contributed by atoms with Gasteiger partial charge in [0.25, 0.3) is 0 Å². The Balaban J connectivity index is 1.95. The first-order valence-electron chi connectivity index (χ1n) is 9.31. The van der Waals surface area contributed by atoms with E-state index in [1.54, 1.807) is 18.2 Å². The van der Waals surface area contributed by atoms with Crippen molar-refractivity contribution in [3.63, 3.8) is 0 Å². The van der Waals surface area contributed by atoms with Crippen LogP contribution in [0.25, 0.3) is 0 Å². The van der Waals surface area contributed by atoms with Crippen molar-refractivity contribution in [2.24, 2.45) is 0 Å². The minimum absolute atomic E-state index is 0.194. The number of hydrogen-bond donors (Lipinski definition) is 1. The molecule has 0 radical (unpaired) electrons. The maximum Gasteiger partial charge on any atom is 0.248 e. The van der Waals surface area contributed by atoms with E-state index < -0.39 is 10.0 Å². The number of nitrogens with zero attached hydrogens (tertiary/aromatic N) is 2. The van der Waals surface area contributed by atoms with Gasteiger partial charge >= 0.3 is 0 Å². The molecule has 1 amide bonds. The van der Waals surface area contributed by atoms with Gasteiger partial charge in [-0.1, -0.05) is 5.57 Å². The summed E-state index contributed by atoms with van der Waals surface area (Å²) in [5.41, 5.74) is 2.28. The Labute approximate surface area is 161 Å². The van der Waals surface area contributed by atoms with Crippen molar-refractivity contribution in [1.29, 1.82) is 0 Å². The molecule has 1 N–H and O–H groups in total. The molecule has 0 aromatic heterocycles. The number of amides is 1. The average molecular weight is 394 g/mol. The lowest BCUT2D eigenvalue weighted by Crippen LogP contribution is -2.40. The molecule has 2 saturated heterocycles. The fourth-order valence-corrected chi connectivity index (χ4v) is 4.81. The second kappa shape index (κ2) is 8.41. The van der Waals surface area contributed by atoms with E-state index >= 15 is 0 Å². The molecule has 1 aromatic rings. The van der Waals surface area contributed by atoms with Gasteiger partial charge in [0.2, 0.25) is 15.9 Å². The number of sulfonamides is 1. The van der Waals surface area contributed by atoms with Gasteiger partial charge in [-0.2, -0.15) is 4.31 Å². The molecule has 3 rings (SSSR count). The fourth-order valence-electron chi connectivity index (χ4n) is 3.38. The van der Waals surface area contributed by atoms with Gasteiger partial charge in [-0.05, 0) is 44.9 Å². The lowest BCUT2D eigenvalue weighted by atomic mass is 10.2. The lowest BCUT2D eigenvalue weighted by Gasteiger charge is -2.27. The fraction of sp³-hybridized carbons (Fsp3) is 0.526. The van der Waals surface area contributed by atoms with Crippen LogP contribution in [0, 0.1) is 0 Å². The number of ether oxygens (including phenoxy) is 1. The van der Waals surface area contributed by atoms with E-state index in [0.717, 1.165) is 37.2 Å². The van der Waals surface area contributed by atoms with Crippen LogP contribution in [0.4, 0.5) is 11.4 Å². The molecule has 1 aromatic carbocycles. The number of hydrogen-bond acceptors (Lipinski definition) is 5. The highest BCUT2D eigenvalue weighted by Gasteiger charge is 2.28. The summed E-state index contributed by atoms with van der Waals surface area (Å²) in [5.74, 6) is -0.253. The zero-order valence-electron chi connectivity index (χ0n) is 15.9. The monoisotopic (exact) mass is 393 g/mol. The van der Waals surface area contributed by atoms with Crippen LogP contribution in [0.2, 0.25) is 0 Å². The van der Waals surface area contributed by atoms with Crippen LogP contribution in [0.3, 0.4) is 0 Å². The minimum atomic E-state index is -3.62. The number of carbonyl (C=O) groups is 1. The Kier molecular flexibility index (Phi) is 6.18. The molecule has 2 heterocycles. The molecule has 2 aliphatic heterocycles. The zero-order valence-corrected chi connectivity index (χ0v) is 16.7. The molecular weight excluding hydrogens is 366 g/mol. The average Bonchev–Trinajstić information content (AvgIpc) is 3.16. The summed E-state index contributed by atoms with van der Waals surface area (Å²) in [6.45, 7) is 6.98. The molecule has 0 aliphatic carbocycles. The molecule has 2 fully saturated rings. The second-order valence-corrected chi connectivity index (χ2v) is 9.04. The second-order valence-electron chi connectivity index (χ2n) is 7.10. The predicted molar refractivity (Wildman–Crippen MR) is 106 cm³/mol. The maximum absolute atomic E-state index is 13.0. The van der Waals surface area contributed by atoms with Crippen LogP contribution >= 0.6 is 0 Å². The van der Waals surface area contributed by atoms with E-state index in [-0.39, 0.29) is 10.8 Å². The minimum Gasteiger partial charge on any atom is -0.379 e. The summed E-state index contributed by atoms with van der Waals surface area (Å²) < 4.78 is 32.6. The van der Waals surface area contributed by atoms with Crippen LogP contribution in [0.15, 0.2) is 34.7 Å². The van der Waals surface area contributed by atoms with Gasteiger partial charge in [-0.15, -0.1) is 0 Å². The third kappa shape index (κ3) is 4.69. The summed E-state index contributed by atoms with van der Waals surface area (Å²) in [4.78, 5) is 14.6. The number of benzene rings is 1. The van der Waals surface area contributed by atoms with Crippen molar-refractivity contribution < 1.29 is 17.9 Å². The quantitative estimate of drug-likeness (QED) is 0.776. The van der Waals surface area contributed by atoms with Crippen LogP contribution in [0.1, 0.15) is 26.7 Å². The van der Waals surface area contributed by atoms with Crippen molar-refractivity contribution in [1.82, 2.24) is 4.31 Å². The van der Waals surface area contributed by atoms with E-state index in [9.17, 15) is 13.2 Å². The third-order valence-electron chi connectivity index (χ3n) is 4.70. The van der Waals surface area contributed by atoms with Crippen molar-refractivity contribution in [3.05, 3.63) is 29.8 Å². The molecule has 27 heavy (non-hydrogen) atoms. The highest BCUT2D eigenvalue weighted by Crippen LogP contribution is 2.32. The van der Waals surface area contributed by atoms with E-state index in [2.05, 4.69) is 10.2 Å². The molecule has 7 nitrogen and oxygen atoms in total. The van der Waals surface area contributed by atoms with Crippen molar-refractivity contribution in [2.75, 3.05) is 49.6 Å². The van der Waals surface area contributed by atoms with Crippen LogP contribution < -0.4 is 10.2 Å². The van der Waals surface area contributed by atoms with Gasteiger partial charge in [-0.3, -0.25) is 4.79 Å². The van der Waals surface area contributed by atoms with Crippen LogP contribution in [0.5, 0.6) is 0 Å². The van der Waals surface area contributed by atoms with E-state index in [1.165, 1.54) is 10.4 Å². The third-order valence-corrected chi connectivity index (χ3v) is 6.59. The number of morpholine rings is 1. The van der Waals surface area contributed by atoms with Crippen LogP contribution in [-0.4, -0.2) is 58.0 Å². The summed E-state index contributed by atoms with van der Waals surface area (Å²) >= 11 is 0. The molecule has 0 bridgehead atoms. The van der Waals surface area contributed by atoms with E-state index in [0.29, 0.717) is 32.0 Å². The topological polar surface area (TPSA) is 79.0 Å². The lowest BCUT2D eigenvalue weighted by molar-refractivity contribution is -0.111. The number of anilines is 2. The Hall–Kier alpha value is -1.90. The Morgan fingerprint density at radius 2 is 1.78 bits per heavy atom. The van der Waals surface area contributed by atoms with Crippen LogP contribution in [-0.2, 0) is 19.6 Å². The molecule has 148 valence electrons. The normalized spacial score (nSPS) is 18.4. The van der Waals surface area contributed by atoms with E-state index in [1.807, 2.05) is 13.8 Å². The summed E-state index contributed by atoms with van der Waals surface area (Å²) in [6, 6.07) is 5.01. The van der Waals surface area contributed by atoms with Gasteiger partial charge in [-0.25, -0.2) is 8.42 Å². The SMILES string of the molecule is CC(C)=CC(=O)Nc1cc(S(=O)(=O)N2CCOCC2)ccc1N1CCCC1.